The van der Waals surface area contributed by atoms with Gasteiger partial charge in [0.25, 0.3) is 5.91 Å². The fraction of sp³-hybridized carbons (Fsp3) is 0.333. The number of rotatable bonds is 4. The Labute approximate surface area is 116 Å². The molecular formula is C15H16N2O3. The first-order valence-electron chi connectivity index (χ1n) is 6.59. The Hall–Kier alpha value is -2.30. The minimum Gasteiger partial charge on any atom is -0.481 e. The molecule has 1 heterocycles. The van der Waals surface area contributed by atoms with E-state index in [1.54, 1.807) is 6.20 Å². The van der Waals surface area contributed by atoms with E-state index in [2.05, 4.69) is 5.32 Å². The number of amides is 1. The number of fused-ring (bicyclic) bond motifs is 1. The van der Waals surface area contributed by atoms with Gasteiger partial charge in [-0.1, -0.05) is 18.2 Å². The Morgan fingerprint density at radius 2 is 2.05 bits per heavy atom. The van der Waals surface area contributed by atoms with Crippen molar-refractivity contribution in [3.63, 3.8) is 0 Å². The maximum Gasteiger partial charge on any atom is 0.311 e. The van der Waals surface area contributed by atoms with Gasteiger partial charge >= 0.3 is 5.97 Å². The molecule has 1 fully saturated rings. The number of aromatic nitrogens is 1. The highest BCUT2D eigenvalue weighted by Crippen LogP contribution is 2.45. The van der Waals surface area contributed by atoms with Crippen molar-refractivity contribution in [3.8, 4) is 0 Å². The number of aryl methyl sites for hydroxylation is 1. The highest BCUT2D eigenvalue weighted by Gasteiger charge is 2.50. The maximum absolute atomic E-state index is 12.3. The summed E-state index contributed by atoms with van der Waals surface area (Å²) in [5.41, 5.74) is 0.835. The molecule has 2 aromatic rings. The van der Waals surface area contributed by atoms with Crippen LogP contribution < -0.4 is 5.32 Å². The predicted octanol–water partition coefficient (Wildman–Crippen LogP) is 1.77. The zero-order valence-corrected chi connectivity index (χ0v) is 11.2. The first-order chi connectivity index (χ1) is 9.53. The van der Waals surface area contributed by atoms with Crippen molar-refractivity contribution < 1.29 is 14.7 Å². The highest BCUT2D eigenvalue weighted by atomic mass is 16.4. The van der Waals surface area contributed by atoms with E-state index in [1.165, 1.54) is 0 Å². The third-order valence-corrected chi connectivity index (χ3v) is 4.04. The topological polar surface area (TPSA) is 71.3 Å². The molecule has 1 saturated carbocycles. The molecule has 0 aliphatic heterocycles. The van der Waals surface area contributed by atoms with Crippen molar-refractivity contribution >= 4 is 22.8 Å². The van der Waals surface area contributed by atoms with Crippen LogP contribution in [0.25, 0.3) is 10.9 Å². The van der Waals surface area contributed by atoms with E-state index >= 15 is 0 Å². The summed E-state index contributed by atoms with van der Waals surface area (Å²) in [6, 6.07) is 7.66. The Kier molecular flexibility index (Phi) is 2.78. The molecule has 20 heavy (non-hydrogen) atoms. The number of nitrogens with one attached hydrogen (secondary N) is 1. The molecule has 1 aromatic carbocycles. The lowest BCUT2D eigenvalue weighted by Crippen LogP contribution is -2.34. The van der Waals surface area contributed by atoms with Crippen molar-refractivity contribution in [1.29, 1.82) is 0 Å². The average molecular weight is 272 g/mol. The molecule has 1 aliphatic rings. The first-order valence-corrected chi connectivity index (χ1v) is 6.59. The molecule has 5 heteroatoms. The molecule has 1 aromatic heterocycles. The summed E-state index contributed by atoms with van der Waals surface area (Å²) in [6.07, 6.45) is 3.05. The Balaban J connectivity index is 1.81. The highest BCUT2D eigenvalue weighted by molar-refractivity contribution is 6.07. The van der Waals surface area contributed by atoms with E-state index < -0.39 is 11.4 Å². The van der Waals surface area contributed by atoms with Gasteiger partial charge in [0.05, 0.1) is 11.0 Å². The number of benzene rings is 1. The summed E-state index contributed by atoms with van der Waals surface area (Å²) in [4.78, 5) is 23.3. The van der Waals surface area contributed by atoms with Crippen LogP contribution >= 0.6 is 0 Å². The van der Waals surface area contributed by atoms with E-state index in [-0.39, 0.29) is 12.5 Å². The minimum atomic E-state index is -0.823. The largest absolute Gasteiger partial charge is 0.481 e. The second-order valence-corrected chi connectivity index (χ2v) is 5.44. The number of carbonyl (C=O) groups is 2. The van der Waals surface area contributed by atoms with Crippen molar-refractivity contribution in [2.75, 3.05) is 6.54 Å². The van der Waals surface area contributed by atoms with E-state index in [0.717, 1.165) is 10.9 Å². The van der Waals surface area contributed by atoms with Crippen molar-refractivity contribution in [3.05, 3.63) is 36.0 Å². The summed E-state index contributed by atoms with van der Waals surface area (Å²) in [7, 11) is 1.89. The number of carbonyl (C=O) groups excluding carboxylic acids is 1. The van der Waals surface area contributed by atoms with E-state index in [0.29, 0.717) is 18.4 Å². The maximum atomic E-state index is 12.3. The molecule has 0 atom stereocenters. The Morgan fingerprint density at radius 1 is 1.35 bits per heavy atom. The second kappa shape index (κ2) is 4.37. The molecule has 1 amide bonds. The van der Waals surface area contributed by atoms with Gasteiger partial charge in [0.2, 0.25) is 0 Å². The SMILES string of the molecule is Cn1cc(C(=O)NCC2(C(=O)O)CC2)c2ccccc21. The minimum absolute atomic E-state index is 0.199. The van der Waals surface area contributed by atoms with Crippen molar-refractivity contribution in [2.24, 2.45) is 12.5 Å². The third-order valence-electron chi connectivity index (χ3n) is 4.04. The molecule has 5 nitrogen and oxygen atoms in total. The van der Waals surface area contributed by atoms with Crippen LogP contribution in [0.2, 0.25) is 0 Å². The lowest BCUT2D eigenvalue weighted by molar-refractivity contribution is -0.143. The zero-order chi connectivity index (χ0) is 14.3. The summed E-state index contributed by atoms with van der Waals surface area (Å²) in [5.74, 6) is -1.04. The van der Waals surface area contributed by atoms with Gasteiger partial charge in [0.15, 0.2) is 0 Å². The number of hydrogen-bond acceptors (Lipinski definition) is 2. The van der Waals surface area contributed by atoms with Gasteiger partial charge in [-0.25, -0.2) is 0 Å². The smallest absolute Gasteiger partial charge is 0.311 e. The van der Waals surface area contributed by atoms with Gasteiger partial charge in [-0.3, -0.25) is 9.59 Å². The monoisotopic (exact) mass is 272 g/mol. The molecular weight excluding hydrogens is 256 g/mol. The molecule has 104 valence electrons. The quantitative estimate of drug-likeness (QED) is 0.891. The van der Waals surface area contributed by atoms with Crippen LogP contribution in [0.1, 0.15) is 23.2 Å². The van der Waals surface area contributed by atoms with Gasteiger partial charge in [-0.15, -0.1) is 0 Å². The van der Waals surface area contributed by atoms with Gasteiger partial charge in [0.1, 0.15) is 0 Å². The van der Waals surface area contributed by atoms with E-state index in [9.17, 15) is 9.59 Å². The summed E-state index contributed by atoms with van der Waals surface area (Å²) in [5, 5.41) is 12.7. The third kappa shape index (κ3) is 1.95. The number of nitrogens with zero attached hydrogens (tertiary/aromatic N) is 1. The Morgan fingerprint density at radius 3 is 2.70 bits per heavy atom. The van der Waals surface area contributed by atoms with Gasteiger partial charge in [-0.2, -0.15) is 0 Å². The molecule has 0 radical (unpaired) electrons. The molecule has 0 unspecified atom stereocenters. The van der Waals surface area contributed by atoms with E-state index in [1.807, 2.05) is 35.9 Å². The lowest BCUT2D eigenvalue weighted by atomic mass is 10.1. The standard InChI is InChI=1S/C15H16N2O3/c1-17-8-11(10-4-2-3-5-12(10)17)13(18)16-9-15(6-7-15)14(19)20/h2-5,8H,6-7,9H2,1H3,(H,16,18)(H,19,20). The summed E-state index contributed by atoms with van der Waals surface area (Å²) < 4.78 is 1.90. The van der Waals surface area contributed by atoms with Crippen LogP contribution in [0.5, 0.6) is 0 Å². The average Bonchev–Trinajstić information content (AvgIpc) is 3.17. The number of aliphatic carboxylic acids is 1. The zero-order valence-electron chi connectivity index (χ0n) is 11.2. The second-order valence-electron chi connectivity index (χ2n) is 5.44. The van der Waals surface area contributed by atoms with Gasteiger partial charge in [0, 0.05) is 30.7 Å². The molecule has 3 rings (SSSR count). The fourth-order valence-corrected chi connectivity index (χ4v) is 2.48. The molecule has 0 bridgehead atoms. The van der Waals surface area contributed by atoms with Crippen LogP contribution in [0.4, 0.5) is 0 Å². The first kappa shape index (κ1) is 12.7. The Bertz CT molecular complexity index is 698. The number of carboxylic acids is 1. The van der Waals surface area contributed by atoms with E-state index in [4.69, 9.17) is 5.11 Å². The fourth-order valence-electron chi connectivity index (χ4n) is 2.48. The molecule has 0 saturated heterocycles. The summed E-state index contributed by atoms with van der Waals surface area (Å²) >= 11 is 0. The summed E-state index contributed by atoms with van der Waals surface area (Å²) in [6.45, 7) is 0.199. The van der Waals surface area contributed by atoms with Crippen LogP contribution in [0.3, 0.4) is 0 Å². The normalized spacial score (nSPS) is 16.1. The van der Waals surface area contributed by atoms with Gasteiger partial charge in [-0.05, 0) is 18.9 Å². The van der Waals surface area contributed by atoms with Crippen LogP contribution in [0, 0.1) is 5.41 Å². The van der Waals surface area contributed by atoms with Crippen LogP contribution in [-0.4, -0.2) is 28.1 Å². The number of hydrogen-bond donors (Lipinski definition) is 2. The number of para-hydroxylation sites is 1. The molecule has 2 N–H and O–H groups in total. The predicted molar refractivity (Wildman–Crippen MR) is 74.6 cm³/mol. The number of carboxylic acid groups (broad SMARTS) is 1. The molecule has 0 spiro atoms. The molecule has 1 aliphatic carbocycles. The van der Waals surface area contributed by atoms with Gasteiger partial charge < -0.3 is 15.0 Å². The van der Waals surface area contributed by atoms with Crippen LogP contribution in [0.15, 0.2) is 30.5 Å². The van der Waals surface area contributed by atoms with Crippen LogP contribution in [-0.2, 0) is 11.8 Å². The van der Waals surface area contributed by atoms with Crippen molar-refractivity contribution in [1.82, 2.24) is 9.88 Å². The van der Waals surface area contributed by atoms with Crippen molar-refractivity contribution in [2.45, 2.75) is 12.8 Å². The lowest BCUT2D eigenvalue weighted by Gasteiger charge is -2.10.